The lowest BCUT2D eigenvalue weighted by Crippen LogP contribution is -2.30. The molecule has 96 valence electrons. The van der Waals surface area contributed by atoms with Crippen LogP contribution in [0, 0.1) is 0 Å². The lowest BCUT2D eigenvalue weighted by Gasteiger charge is -2.23. The van der Waals surface area contributed by atoms with Crippen LogP contribution in [0.15, 0.2) is 0 Å². The third-order valence-corrected chi connectivity index (χ3v) is 2.43. The van der Waals surface area contributed by atoms with E-state index in [9.17, 15) is 4.79 Å². The third kappa shape index (κ3) is 6.20. The van der Waals surface area contributed by atoms with Crippen molar-refractivity contribution < 1.29 is 19.0 Å². The van der Waals surface area contributed by atoms with Crippen molar-refractivity contribution in [3.05, 3.63) is 0 Å². The standard InChI is InChI=1S/C12H24O4/c1-6-15-11(16-7-2)10(13)8-9-12(3,4)14-5/h11H,6-9H2,1-5H3. The number of rotatable bonds is 9. The third-order valence-electron chi connectivity index (χ3n) is 2.43. The van der Waals surface area contributed by atoms with Crippen LogP contribution < -0.4 is 0 Å². The second kappa shape index (κ2) is 7.76. The van der Waals surface area contributed by atoms with Crippen LogP contribution >= 0.6 is 0 Å². The predicted octanol–water partition coefficient (Wildman–Crippen LogP) is 2.16. The molecule has 0 aromatic heterocycles. The molecule has 16 heavy (non-hydrogen) atoms. The van der Waals surface area contributed by atoms with Gasteiger partial charge in [0.2, 0.25) is 6.29 Å². The monoisotopic (exact) mass is 232 g/mol. The highest BCUT2D eigenvalue weighted by molar-refractivity contribution is 5.81. The maximum Gasteiger partial charge on any atom is 0.217 e. The van der Waals surface area contributed by atoms with Gasteiger partial charge in [0.05, 0.1) is 5.60 Å². The van der Waals surface area contributed by atoms with E-state index in [4.69, 9.17) is 14.2 Å². The molecule has 0 saturated heterocycles. The Kier molecular flexibility index (Phi) is 7.55. The molecule has 0 rings (SSSR count). The van der Waals surface area contributed by atoms with E-state index in [1.807, 2.05) is 27.7 Å². The summed E-state index contributed by atoms with van der Waals surface area (Å²) in [4.78, 5) is 11.8. The average Bonchev–Trinajstić information content (AvgIpc) is 2.26. The summed E-state index contributed by atoms with van der Waals surface area (Å²) < 4.78 is 15.7. The lowest BCUT2D eigenvalue weighted by molar-refractivity contribution is -0.168. The fraction of sp³-hybridized carbons (Fsp3) is 0.917. The van der Waals surface area contributed by atoms with Crippen LogP contribution in [0.3, 0.4) is 0 Å². The quantitative estimate of drug-likeness (QED) is 0.571. The highest BCUT2D eigenvalue weighted by Gasteiger charge is 2.23. The Hall–Kier alpha value is -0.450. The van der Waals surface area contributed by atoms with E-state index in [-0.39, 0.29) is 11.4 Å². The molecule has 0 fully saturated rings. The highest BCUT2D eigenvalue weighted by Crippen LogP contribution is 2.16. The van der Waals surface area contributed by atoms with Gasteiger partial charge in [0, 0.05) is 26.7 Å². The summed E-state index contributed by atoms with van der Waals surface area (Å²) in [5.74, 6) is -0.0196. The van der Waals surface area contributed by atoms with Crippen molar-refractivity contribution in [1.29, 1.82) is 0 Å². The maximum atomic E-state index is 11.8. The molecule has 0 atom stereocenters. The number of ketones is 1. The lowest BCUT2D eigenvalue weighted by atomic mass is 10.0. The topological polar surface area (TPSA) is 44.8 Å². The highest BCUT2D eigenvalue weighted by atomic mass is 16.7. The first-order valence-electron chi connectivity index (χ1n) is 5.78. The zero-order valence-electron chi connectivity index (χ0n) is 11.0. The number of carbonyl (C=O) groups excluding carboxylic acids is 1. The predicted molar refractivity (Wildman–Crippen MR) is 62.4 cm³/mol. The van der Waals surface area contributed by atoms with Crippen LogP contribution in [0.25, 0.3) is 0 Å². The van der Waals surface area contributed by atoms with E-state index in [1.54, 1.807) is 7.11 Å². The molecule has 0 aliphatic carbocycles. The molecule has 0 aromatic rings. The minimum absolute atomic E-state index is 0.0196. The molecular formula is C12H24O4. The zero-order chi connectivity index (χ0) is 12.6. The van der Waals surface area contributed by atoms with E-state index in [0.29, 0.717) is 26.1 Å². The van der Waals surface area contributed by atoms with Crippen LogP contribution in [0.1, 0.15) is 40.5 Å². The second-order valence-electron chi connectivity index (χ2n) is 4.17. The molecule has 0 bridgehead atoms. The fourth-order valence-corrected chi connectivity index (χ4v) is 1.18. The number of ether oxygens (including phenoxy) is 3. The van der Waals surface area contributed by atoms with E-state index >= 15 is 0 Å². The molecule has 0 aromatic carbocycles. The average molecular weight is 232 g/mol. The van der Waals surface area contributed by atoms with Gasteiger partial charge >= 0.3 is 0 Å². The first-order valence-corrected chi connectivity index (χ1v) is 5.78. The minimum atomic E-state index is -0.720. The number of Topliss-reactive ketones (excluding diaryl/α,β-unsaturated/α-hetero) is 1. The summed E-state index contributed by atoms with van der Waals surface area (Å²) in [7, 11) is 1.65. The van der Waals surface area contributed by atoms with Gasteiger partial charge < -0.3 is 14.2 Å². The van der Waals surface area contributed by atoms with Crippen molar-refractivity contribution in [1.82, 2.24) is 0 Å². The summed E-state index contributed by atoms with van der Waals surface area (Å²) in [6.07, 6.45) is 0.354. The van der Waals surface area contributed by atoms with Crippen molar-refractivity contribution in [2.24, 2.45) is 0 Å². The molecule has 0 heterocycles. The smallest absolute Gasteiger partial charge is 0.217 e. The van der Waals surface area contributed by atoms with Crippen LogP contribution in [-0.2, 0) is 19.0 Å². The van der Waals surface area contributed by atoms with Crippen LogP contribution in [0.2, 0.25) is 0 Å². The van der Waals surface area contributed by atoms with Crippen molar-refractivity contribution in [2.75, 3.05) is 20.3 Å². The molecule has 0 N–H and O–H groups in total. The largest absolute Gasteiger partial charge is 0.379 e. The Bertz CT molecular complexity index is 195. The minimum Gasteiger partial charge on any atom is -0.379 e. The van der Waals surface area contributed by atoms with Crippen LogP contribution in [-0.4, -0.2) is 38.0 Å². The molecule has 0 unspecified atom stereocenters. The molecule has 0 radical (unpaired) electrons. The van der Waals surface area contributed by atoms with Gasteiger partial charge in [-0.15, -0.1) is 0 Å². The second-order valence-corrected chi connectivity index (χ2v) is 4.17. The van der Waals surface area contributed by atoms with Crippen LogP contribution in [0.4, 0.5) is 0 Å². The summed E-state index contributed by atoms with van der Waals surface area (Å²) in [6.45, 7) is 8.55. The summed E-state index contributed by atoms with van der Waals surface area (Å²) in [5, 5.41) is 0. The Balaban J connectivity index is 4.09. The van der Waals surface area contributed by atoms with Gasteiger partial charge in [-0.1, -0.05) is 0 Å². The van der Waals surface area contributed by atoms with Gasteiger partial charge in [0.15, 0.2) is 5.78 Å². The first-order chi connectivity index (χ1) is 7.46. The van der Waals surface area contributed by atoms with E-state index < -0.39 is 6.29 Å². The normalized spacial score (nSPS) is 12.1. The Morgan fingerprint density at radius 2 is 1.69 bits per heavy atom. The molecule has 4 heteroatoms. The van der Waals surface area contributed by atoms with E-state index in [1.165, 1.54) is 0 Å². The van der Waals surface area contributed by atoms with E-state index in [0.717, 1.165) is 0 Å². The molecular weight excluding hydrogens is 208 g/mol. The van der Waals surface area contributed by atoms with Crippen molar-refractivity contribution >= 4 is 5.78 Å². The Morgan fingerprint density at radius 1 is 1.19 bits per heavy atom. The SMILES string of the molecule is CCOC(OCC)C(=O)CCC(C)(C)OC. The Morgan fingerprint density at radius 3 is 2.06 bits per heavy atom. The summed E-state index contributed by atoms with van der Waals surface area (Å²) >= 11 is 0. The van der Waals surface area contributed by atoms with Crippen molar-refractivity contribution in [2.45, 2.75) is 52.4 Å². The molecule has 0 aliphatic rings. The number of hydrogen-bond acceptors (Lipinski definition) is 4. The van der Waals surface area contributed by atoms with Crippen molar-refractivity contribution in [3.8, 4) is 0 Å². The van der Waals surface area contributed by atoms with Gasteiger partial charge in [-0.2, -0.15) is 0 Å². The van der Waals surface area contributed by atoms with Gasteiger partial charge in [0.25, 0.3) is 0 Å². The summed E-state index contributed by atoms with van der Waals surface area (Å²) in [6, 6.07) is 0. The Labute approximate surface area is 98.3 Å². The fourth-order valence-electron chi connectivity index (χ4n) is 1.18. The van der Waals surface area contributed by atoms with E-state index in [2.05, 4.69) is 0 Å². The van der Waals surface area contributed by atoms with Gasteiger partial charge in [0.1, 0.15) is 0 Å². The number of methoxy groups -OCH3 is 1. The van der Waals surface area contributed by atoms with Gasteiger partial charge in [-0.3, -0.25) is 4.79 Å². The van der Waals surface area contributed by atoms with Crippen molar-refractivity contribution in [3.63, 3.8) is 0 Å². The number of carbonyl (C=O) groups is 1. The molecule has 0 spiro atoms. The molecule has 4 nitrogen and oxygen atoms in total. The zero-order valence-corrected chi connectivity index (χ0v) is 11.0. The van der Waals surface area contributed by atoms with Gasteiger partial charge in [-0.05, 0) is 34.1 Å². The summed E-state index contributed by atoms with van der Waals surface area (Å²) in [5.41, 5.74) is -0.279. The van der Waals surface area contributed by atoms with Gasteiger partial charge in [-0.25, -0.2) is 0 Å². The van der Waals surface area contributed by atoms with Crippen LogP contribution in [0.5, 0.6) is 0 Å². The number of hydrogen-bond donors (Lipinski definition) is 0. The maximum absolute atomic E-state index is 11.8. The molecule has 0 aliphatic heterocycles. The first kappa shape index (κ1) is 15.6. The molecule has 0 saturated carbocycles. The molecule has 0 amide bonds.